The molecule has 0 spiro atoms. The van der Waals surface area contributed by atoms with E-state index in [1.807, 2.05) is 20.8 Å². The van der Waals surface area contributed by atoms with E-state index in [0.717, 1.165) is 5.56 Å². The third-order valence-electron chi connectivity index (χ3n) is 2.20. The molecule has 1 unspecified atom stereocenters. The van der Waals surface area contributed by atoms with Gasteiger partial charge in [0.1, 0.15) is 0 Å². The Morgan fingerprint density at radius 1 is 1.33 bits per heavy atom. The lowest BCUT2D eigenvalue weighted by Gasteiger charge is -2.11. The van der Waals surface area contributed by atoms with Gasteiger partial charge < -0.3 is 0 Å². The second-order valence-electron chi connectivity index (χ2n) is 3.42. The average molecular weight is 166 g/mol. The number of rotatable bonds is 2. The summed E-state index contributed by atoms with van der Waals surface area (Å²) in [4.78, 5) is 0. The zero-order valence-electron chi connectivity index (χ0n) is 7.89. The van der Waals surface area contributed by atoms with Crippen molar-refractivity contribution < 1.29 is 4.39 Å². The zero-order valence-corrected chi connectivity index (χ0v) is 7.89. The number of hydrogen-bond donors (Lipinski definition) is 0. The second kappa shape index (κ2) is 3.70. The first kappa shape index (κ1) is 9.24. The van der Waals surface area contributed by atoms with Gasteiger partial charge in [-0.1, -0.05) is 30.7 Å². The van der Waals surface area contributed by atoms with Crippen LogP contribution in [0.3, 0.4) is 0 Å². The highest BCUT2D eigenvalue weighted by Gasteiger charge is 2.07. The lowest BCUT2D eigenvalue weighted by Crippen LogP contribution is -1.98. The Morgan fingerprint density at radius 2 is 2.00 bits per heavy atom. The van der Waals surface area contributed by atoms with Crippen molar-refractivity contribution in [3.63, 3.8) is 0 Å². The molecule has 0 fully saturated rings. The molecule has 66 valence electrons. The SMILES string of the molecule is Cc1ccc(C)c(C(C)CF)c1. The molecule has 0 aliphatic rings. The van der Waals surface area contributed by atoms with Crippen LogP contribution in [0, 0.1) is 13.8 Å². The summed E-state index contributed by atoms with van der Waals surface area (Å²) >= 11 is 0. The van der Waals surface area contributed by atoms with E-state index in [2.05, 4.69) is 18.2 Å². The molecule has 1 heteroatoms. The summed E-state index contributed by atoms with van der Waals surface area (Å²) in [7, 11) is 0. The summed E-state index contributed by atoms with van der Waals surface area (Å²) in [5.41, 5.74) is 3.53. The average Bonchev–Trinajstić information content (AvgIpc) is 2.08. The molecular formula is C11H15F. The van der Waals surface area contributed by atoms with Crippen molar-refractivity contribution in [1.29, 1.82) is 0 Å². The fraction of sp³-hybridized carbons (Fsp3) is 0.455. The Kier molecular flexibility index (Phi) is 2.85. The zero-order chi connectivity index (χ0) is 9.14. The Morgan fingerprint density at radius 3 is 2.58 bits per heavy atom. The maximum absolute atomic E-state index is 12.4. The van der Waals surface area contributed by atoms with Gasteiger partial charge in [0, 0.05) is 5.92 Å². The summed E-state index contributed by atoms with van der Waals surface area (Å²) in [6, 6.07) is 6.18. The van der Waals surface area contributed by atoms with Crippen molar-refractivity contribution in [2.24, 2.45) is 0 Å². The molecule has 0 saturated heterocycles. The van der Waals surface area contributed by atoms with E-state index in [1.165, 1.54) is 11.1 Å². The van der Waals surface area contributed by atoms with Crippen LogP contribution in [-0.4, -0.2) is 6.67 Å². The molecule has 0 aliphatic carbocycles. The van der Waals surface area contributed by atoms with Gasteiger partial charge in [-0.3, -0.25) is 4.39 Å². The summed E-state index contributed by atoms with van der Waals surface area (Å²) in [6.07, 6.45) is 0. The first-order chi connectivity index (χ1) is 5.65. The highest BCUT2D eigenvalue weighted by atomic mass is 19.1. The van der Waals surface area contributed by atoms with Gasteiger partial charge in [-0.2, -0.15) is 0 Å². The van der Waals surface area contributed by atoms with Crippen LogP contribution in [0.4, 0.5) is 4.39 Å². The third-order valence-corrected chi connectivity index (χ3v) is 2.20. The lowest BCUT2D eigenvalue weighted by atomic mass is 9.96. The van der Waals surface area contributed by atoms with Crippen LogP contribution in [0.1, 0.15) is 29.5 Å². The number of alkyl halides is 1. The molecule has 1 rings (SSSR count). The van der Waals surface area contributed by atoms with E-state index < -0.39 is 0 Å². The minimum Gasteiger partial charge on any atom is -0.250 e. The highest BCUT2D eigenvalue weighted by molar-refractivity contribution is 5.32. The molecule has 0 bridgehead atoms. The quantitative estimate of drug-likeness (QED) is 0.631. The van der Waals surface area contributed by atoms with Gasteiger partial charge in [0.15, 0.2) is 0 Å². The topological polar surface area (TPSA) is 0 Å². The van der Waals surface area contributed by atoms with Crippen molar-refractivity contribution in [3.8, 4) is 0 Å². The molecule has 1 aromatic rings. The van der Waals surface area contributed by atoms with Gasteiger partial charge in [-0.05, 0) is 25.0 Å². The molecule has 0 heterocycles. The smallest absolute Gasteiger partial charge is 0.0960 e. The largest absolute Gasteiger partial charge is 0.250 e. The first-order valence-corrected chi connectivity index (χ1v) is 4.28. The third kappa shape index (κ3) is 1.84. The highest BCUT2D eigenvalue weighted by Crippen LogP contribution is 2.20. The van der Waals surface area contributed by atoms with Gasteiger partial charge in [0.05, 0.1) is 6.67 Å². The summed E-state index contributed by atoms with van der Waals surface area (Å²) in [6.45, 7) is 5.71. The van der Waals surface area contributed by atoms with E-state index >= 15 is 0 Å². The molecule has 0 radical (unpaired) electrons. The van der Waals surface area contributed by atoms with Crippen LogP contribution >= 0.6 is 0 Å². The Labute approximate surface area is 73.4 Å². The van der Waals surface area contributed by atoms with E-state index in [1.54, 1.807) is 0 Å². The van der Waals surface area contributed by atoms with Crippen LogP contribution in [0.15, 0.2) is 18.2 Å². The molecule has 0 aliphatic heterocycles. The van der Waals surface area contributed by atoms with Crippen molar-refractivity contribution in [2.75, 3.05) is 6.67 Å². The minimum atomic E-state index is -0.274. The predicted molar refractivity (Wildman–Crippen MR) is 50.3 cm³/mol. The molecular weight excluding hydrogens is 151 g/mol. The lowest BCUT2D eigenvalue weighted by molar-refractivity contribution is 0.446. The van der Waals surface area contributed by atoms with Gasteiger partial charge in [-0.15, -0.1) is 0 Å². The van der Waals surface area contributed by atoms with Gasteiger partial charge in [-0.25, -0.2) is 0 Å². The van der Waals surface area contributed by atoms with Crippen molar-refractivity contribution >= 4 is 0 Å². The predicted octanol–water partition coefficient (Wildman–Crippen LogP) is 3.38. The van der Waals surface area contributed by atoms with Crippen LogP contribution < -0.4 is 0 Å². The summed E-state index contributed by atoms with van der Waals surface area (Å²) < 4.78 is 12.4. The van der Waals surface area contributed by atoms with Gasteiger partial charge >= 0.3 is 0 Å². The van der Waals surface area contributed by atoms with Crippen LogP contribution in [0.25, 0.3) is 0 Å². The molecule has 0 nitrogen and oxygen atoms in total. The number of aryl methyl sites for hydroxylation is 2. The molecule has 1 atom stereocenters. The fourth-order valence-corrected chi connectivity index (χ4v) is 1.37. The molecule has 0 aromatic heterocycles. The molecule has 0 saturated carbocycles. The van der Waals surface area contributed by atoms with Gasteiger partial charge in [0.2, 0.25) is 0 Å². The molecule has 0 N–H and O–H groups in total. The molecule has 1 aromatic carbocycles. The monoisotopic (exact) mass is 166 g/mol. The fourth-order valence-electron chi connectivity index (χ4n) is 1.37. The van der Waals surface area contributed by atoms with Crippen molar-refractivity contribution in [1.82, 2.24) is 0 Å². The maximum Gasteiger partial charge on any atom is 0.0960 e. The summed E-state index contributed by atoms with van der Waals surface area (Å²) in [5, 5.41) is 0. The number of benzene rings is 1. The van der Waals surface area contributed by atoms with Gasteiger partial charge in [0.25, 0.3) is 0 Å². The van der Waals surface area contributed by atoms with E-state index in [0.29, 0.717) is 0 Å². The van der Waals surface area contributed by atoms with E-state index in [-0.39, 0.29) is 12.6 Å². The Bertz CT molecular complexity index is 266. The Hall–Kier alpha value is -0.850. The second-order valence-corrected chi connectivity index (χ2v) is 3.42. The Balaban J connectivity index is 3.04. The minimum absolute atomic E-state index is 0.0323. The van der Waals surface area contributed by atoms with Crippen molar-refractivity contribution in [2.45, 2.75) is 26.7 Å². The normalized spacial score (nSPS) is 13.0. The van der Waals surface area contributed by atoms with E-state index in [9.17, 15) is 4.39 Å². The number of halogens is 1. The maximum atomic E-state index is 12.4. The summed E-state index contributed by atoms with van der Waals surface area (Å²) in [5.74, 6) is 0.0323. The van der Waals surface area contributed by atoms with Crippen LogP contribution in [0.5, 0.6) is 0 Å². The van der Waals surface area contributed by atoms with Crippen molar-refractivity contribution in [3.05, 3.63) is 34.9 Å². The number of hydrogen-bond acceptors (Lipinski definition) is 0. The van der Waals surface area contributed by atoms with Crippen LogP contribution in [-0.2, 0) is 0 Å². The molecule has 12 heavy (non-hydrogen) atoms. The van der Waals surface area contributed by atoms with E-state index in [4.69, 9.17) is 0 Å². The first-order valence-electron chi connectivity index (χ1n) is 4.28. The molecule has 0 amide bonds. The standard InChI is InChI=1S/C11H15F/c1-8-4-5-9(2)11(6-8)10(3)7-12/h4-6,10H,7H2,1-3H3. The van der Waals surface area contributed by atoms with Crippen LogP contribution in [0.2, 0.25) is 0 Å².